The largest absolute Gasteiger partial charge is 0.403 e. The van der Waals surface area contributed by atoms with Crippen molar-refractivity contribution < 1.29 is 18.0 Å². The summed E-state index contributed by atoms with van der Waals surface area (Å²) >= 11 is 0. The van der Waals surface area contributed by atoms with Crippen molar-refractivity contribution in [2.75, 3.05) is 6.54 Å². The highest BCUT2D eigenvalue weighted by Gasteiger charge is 2.41. The molecular formula is C15H19F3N2O. The first kappa shape index (κ1) is 15.8. The van der Waals surface area contributed by atoms with Crippen LogP contribution in [0.2, 0.25) is 0 Å². The Bertz CT molecular complexity index is 520. The predicted octanol–water partition coefficient (Wildman–Crippen LogP) is 2.72. The lowest BCUT2D eigenvalue weighted by atomic mass is 9.99. The van der Waals surface area contributed by atoms with Crippen LogP contribution in [0.25, 0.3) is 0 Å². The first-order valence-electron chi connectivity index (χ1n) is 6.96. The molecule has 2 rings (SSSR count). The first-order valence-corrected chi connectivity index (χ1v) is 6.96. The van der Waals surface area contributed by atoms with Crippen molar-refractivity contribution in [3.05, 3.63) is 34.9 Å². The van der Waals surface area contributed by atoms with E-state index in [0.717, 1.165) is 11.1 Å². The predicted molar refractivity (Wildman–Crippen MR) is 74.2 cm³/mol. The molecule has 1 aromatic carbocycles. The van der Waals surface area contributed by atoms with Crippen LogP contribution < -0.4 is 10.6 Å². The topological polar surface area (TPSA) is 41.1 Å². The van der Waals surface area contributed by atoms with Gasteiger partial charge < -0.3 is 10.6 Å². The molecule has 2 atom stereocenters. The summed E-state index contributed by atoms with van der Waals surface area (Å²) in [6.07, 6.45) is -3.91. The van der Waals surface area contributed by atoms with Crippen LogP contribution in [0, 0.1) is 13.8 Å². The van der Waals surface area contributed by atoms with E-state index in [2.05, 4.69) is 10.6 Å². The van der Waals surface area contributed by atoms with Crippen molar-refractivity contribution in [1.82, 2.24) is 10.6 Å². The Morgan fingerprint density at radius 3 is 2.57 bits per heavy atom. The number of carbonyl (C=O) groups excluding carboxylic acids is 1. The lowest BCUT2D eigenvalue weighted by Gasteiger charge is -2.31. The number of piperidine rings is 1. The molecule has 1 amide bonds. The maximum Gasteiger partial charge on any atom is 0.403 e. The zero-order chi connectivity index (χ0) is 15.6. The Morgan fingerprint density at radius 2 is 2.00 bits per heavy atom. The molecule has 0 spiro atoms. The minimum atomic E-state index is -4.22. The molecule has 1 fully saturated rings. The summed E-state index contributed by atoms with van der Waals surface area (Å²) in [6, 6.07) is 3.72. The highest BCUT2D eigenvalue weighted by atomic mass is 19.4. The quantitative estimate of drug-likeness (QED) is 0.882. The normalized spacial score (nSPS) is 22.9. The number of benzene rings is 1. The average Bonchev–Trinajstić information content (AvgIpc) is 2.41. The lowest BCUT2D eigenvalue weighted by Crippen LogP contribution is -2.54. The molecule has 1 saturated heterocycles. The Labute approximate surface area is 121 Å². The van der Waals surface area contributed by atoms with Gasteiger partial charge in [0.1, 0.15) is 6.04 Å². The zero-order valence-electron chi connectivity index (χ0n) is 12.1. The third-order valence-corrected chi connectivity index (χ3v) is 3.99. The van der Waals surface area contributed by atoms with E-state index >= 15 is 0 Å². The van der Waals surface area contributed by atoms with E-state index in [4.69, 9.17) is 0 Å². The standard InChI is InChI=1S/C15H19F3N2O/c1-9-4-3-5-12(10(9)2)14(21)20-11-6-7-13(19-8-11)15(16,17)18/h3-5,11,13,19H,6-8H2,1-2H3,(H,20,21). The van der Waals surface area contributed by atoms with E-state index in [9.17, 15) is 18.0 Å². The minimum Gasteiger partial charge on any atom is -0.348 e. The number of aryl methyl sites for hydroxylation is 1. The van der Waals surface area contributed by atoms with E-state index in [1.54, 1.807) is 12.1 Å². The molecule has 0 bridgehead atoms. The summed E-state index contributed by atoms with van der Waals surface area (Å²) < 4.78 is 37.6. The molecule has 3 nitrogen and oxygen atoms in total. The monoisotopic (exact) mass is 300 g/mol. The van der Waals surface area contributed by atoms with Gasteiger partial charge in [-0.2, -0.15) is 13.2 Å². The fraction of sp³-hybridized carbons (Fsp3) is 0.533. The van der Waals surface area contributed by atoms with Crippen LogP contribution >= 0.6 is 0 Å². The van der Waals surface area contributed by atoms with Gasteiger partial charge in [-0.3, -0.25) is 4.79 Å². The second kappa shape index (κ2) is 6.05. The number of hydrogen-bond donors (Lipinski definition) is 2. The van der Waals surface area contributed by atoms with Crippen LogP contribution in [0.1, 0.15) is 34.3 Å². The molecule has 0 radical (unpaired) electrons. The molecule has 21 heavy (non-hydrogen) atoms. The van der Waals surface area contributed by atoms with Crippen LogP contribution in [-0.2, 0) is 0 Å². The van der Waals surface area contributed by atoms with Crippen molar-refractivity contribution >= 4 is 5.91 Å². The van der Waals surface area contributed by atoms with Gasteiger partial charge >= 0.3 is 6.18 Å². The molecule has 0 saturated carbocycles. The number of amides is 1. The number of carbonyl (C=O) groups is 1. The maximum atomic E-state index is 12.5. The third-order valence-electron chi connectivity index (χ3n) is 3.99. The van der Waals surface area contributed by atoms with Crippen LogP contribution in [-0.4, -0.2) is 30.7 Å². The van der Waals surface area contributed by atoms with Gasteiger partial charge in [-0.05, 0) is 43.9 Å². The van der Waals surface area contributed by atoms with Gasteiger partial charge in [0.25, 0.3) is 5.91 Å². The molecule has 1 aliphatic rings. The van der Waals surface area contributed by atoms with Crippen molar-refractivity contribution in [2.45, 2.75) is 44.9 Å². The number of alkyl halides is 3. The summed E-state index contributed by atoms with van der Waals surface area (Å²) in [5.41, 5.74) is 2.49. The van der Waals surface area contributed by atoms with Gasteiger partial charge in [0.05, 0.1) is 0 Å². The number of nitrogens with one attached hydrogen (secondary N) is 2. The number of halogens is 3. The van der Waals surface area contributed by atoms with Crippen LogP contribution in [0.15, 0.2) is 18.2 Å². The Hall–Kier alpha value is -1.56. The van der Waals surface area contributed by atoms with Crippen molar-refractivity contribution in [3.63, 3.8) is 0 Å². The van der Waals surface area contributed by atoms with Gasteiger partial charge in [0.2, 0.25) is 0 Å². The van der Waals surface area contributed by atoms with Gasteiger partial charge in [0.15, 0.2) is 0 Å². The molecule has 116 valence electrons. The molecule has 2 N–H and O–H groups in total. The summed E-state index contributed by atoms with van der Waals surface area (Å²) in [7, 11) is 0. The smallest absolute Gasteiger partial charge is 0.348 e. The molecule has 0 aliphatic carbocycles. The zero-order valence-corrected chi connectivity index (χ0v) is 12.1. The summed E-state index contributed by atoms with van der Waals surface area (Å²) in [6.45, 7) is 3.92. The molecule has 1 aliphatic heterocycles. The highest BCUT2D eigenvalue weighted by Crippen LogP contribution is 2.26. The van der Waals surface area contributed by atoms with Gasteiger partial charge in [0, 0.05) is 18.2 Å². The van der Waals surface area contributed by atoms with Gasteiger partial charge in [-0.1, -0.05) is 12.1 Å². The summed E-state index contributed by atoms with van der Waals surface area (Å²) in [5, 5.41) is 5.26. The Kier molecular flexibility index (Phi) is 4.56. The Balaban J connectivity index is 1.95. The summed E-state index contributed by atoms with van der Waals surface area (Å²) in [4.78, 5) is 12.2. The maximum absolute atomic E-state index is 12.5. The van der Waals surface area contributed by atoms with Crippen molar-refractivity contribution in [1.29, 1.82) is 0 Å². The van der Waals surface area contributed by atoms with Crippen molar-refractivity contribution in [2.24, 2.45) is 0 Å². The fourth-order valence-electron chi connectivity index (χ4n) is 2.52. The minimum absolute atomic E-state index is 0.0127. The van der Waals surface area contributed by atoms with Crippen molar-refractivity contribution in [3.8, 4) is 0 Å². The van der Waals surface area contributed by atoms with E-state index in [1.807, 2.05) is 19.9 Å². The SMILES string of the molecule is Cc1cccc(C(=O)NC2CCC(C(F)(F)F)NC2)c1C. The third kappa shape index (κ3) is 3.75. The van der Waals surface area contributed by atoms with E-state index < -0.39 is 12.2 Å². The fourth-order valence-corrected chi connectivity index (χ4v) is 2.52. The molecule has 2 unspecified atom stereocenters. The highest BCUT2D eigenvalue weighted by molar-refractivity contribution is 5.96. The van der Waals surface area contributed by atoms with Gasteiger partial charge in [-0.25, -0.2) is 0 Å². The Morgan fingerprint density at radius 1 is 1.29 bits per heavy atom. The first-order chi connectivity index (χ1) is 9.79. The second-order valence-corrected chi connectivity index (χ2v) is 5.50. The van der Waals surface area contributed by atoms with Gasteiger partial charge in [-0.15, -0.1) is 0 Å². The molecule has 1 aromatic rings. The molecule has 1 heterocycles. The van der Waals surface area contributed by atoms with E-state index in [0.29, 0.717) is 12.0 Å². The van der Waals surface area contributed by atoms with Crippen LogP contribution in [0.4, 0.5) is 13.2 Å². The van der Waals surface area contributed by atoms with E-state index in [-0.39, 0.29) is 24.9 Å². The lowest BCUT2D eigenvalue weighted by molar-refractivity contribution is -0.160. The van der Waals surface area contributed by atoms with Crippen LogP contribution in [0.3, 0.4) is 0 Å². The molecule has 6 heteroatoms. The molecular weight excluding hydrogens is 281 g/mol. The number of rotatable bonds is 2. The molecule has 0 aromatic heterocycles. The number of hydrogen-bond acceptors (Lipinski definition) is 2. The second-order valence-electron chi connectivity index (χ2n) is 5.50. The summed E-state index contributed by atoms with van der Waals surface area (Å²) in [5.74, 6) is -0.228. The average molecular weight is 300 g/mol. The van der Waals surface area contributed by atoms with E-state index in [1.165, 1.54) is 0 Å². The van der Waals surface area contributed by atoms with Crippen LogP contribution in [0.5, 0.6) is 0 Å².